The standard InChI is InChI=1S/C22H32N2O/c1-4-6-7-10-19-16-23-22(24-17-19)20-11-13-21(14-12-20)25-15-8-9-18(3)5-2/h11-14,16-18H,4-10,15H2,1-3H3. The van der Waals surface area contributed by atoms with Crippen molar-refractivity contribution >= 4 is 0 Å². The summed E-state index contributed by atoms with van der Waals surface area (Å²) in [6.07, 6.45) is 12.3. The Morgan fingerprint density at radius 3 is 2.32 bits per heavy atom. The first-order valence-electron chi connectivity index (χ1n) is 9.77. The lowest BCUT2D eigenvalue weighted by Gasteiger charge is -2.10. The van der Waals surface area contributed by atoms with Gasteiger partial charge in [0.2, 0.25) is 0 Å². The highest BCUT2D eigenvalue weighted by molar-refractivity contribution is 5.55. The first-order valence-corrected chi connectivity index (χ1v) is 9.77. The van der Waals surface area contributed by atoms with Gasteiger partial charge in [-0.2, -0.15) is 0 Å². The molecule has 2 aromatic rings. The molecule has 3 nitrogen and oxygen atoms in total. The fourth-order valence-electron chi connectivity index (χ4n) is 2.74. The van der Waals surface area contributed by atoms with Crippen molar-refractivity contribution in [3.63, 3.8) is 0 Å². The summed E-state index contributed by atoms with van der Waals surface area (Å²) in [4.78, 5) is 9.02. The fourth-order valence-corrected chi connectivity index (χ4v) is 2.74. The number of hydrogen-bond acceptors (Lipinski definition) is 3. The number of rotatable bonds is 11. The van der Waals surface area contributed by atoms with Gasteiger partial charge in [0.25, 0.3) is 0 Å². The molecule has 0 spiro atoms. The Balaban J connectivity index is 1.82. The van der Waals surface area contributed by atoms with Gasteiger partial charge in [0.1, 0.15) is 5.75 Å². The van der Waals surface area contributed by atoms with E-state index >= 15 is 0 Å². The van der Waals surface area contributed by atoms with Gasteiger partial charge in [0.05, 0.1) is 6.61 Å². The molecule has 0 bridgehead atoms. The quantitative estimate of drug-likeness (QED) is 0.465. The molecule has 1 aromatic carbocycles. The van der Waals surface area contributed by atoms with Gasteiger partial charge in [-0.3, -0.25) is 0 Å². The first-order chi connectivity index (χ1) is 12.2. The van der Waals surface area contributed by atoms with Crippen molar-refractivity contribution in [1.82, 2.24) is 9.97 Å². The van der Waals surface area contributed by atoms with Crippen LogP contribution in [0, 0.1) is 5.92 Å². The van der Waals surface area contributed by atoms with E-state index in [4.69, 9.17) is 4.74 Å². The average Bonchev–Trinajstić information content (AvgIpc) is 2.66. The van der Waals surface area contributed by atoms with Crippen LogP contribution in [0.25, 0.3) is 11.4 Å². The number of aryl methyl sites for hydroxylation is 1. The molecular weight excluding hydrogens is 308 g/mol. The largest absolute Gasteiger partial charge is 0.494 e. The van der Waals surface area contributed by atoms with E-state index in [1.807, 2.05) is 36.7 Å². The van der Waals surface area contributed by atoms with E-state index in [0.717, 1.165) is 42.5 Å². The van der Waals surface area contributed by atoms with Gasteiger partial charge < -0.3 is 4.74 Å². The zero-order valence-corrected chi connectivity index (χ0v) is 16.0. The third kappa shape index (κ3) is 6.85. The second-order valence-electron chi connectivity index (χ2n) is 6.90. The molecule has 0 aliphatic rings. The molecule has 0 fully saturated rings. The summed E-state index contributed by atoms with van der Waals surface area (Å²) >= 11 is 0. The van der Waals surface area contributed by atoms with Gasteiger partial charge in [0.15, 0.2) is 5.82 Å². The minimum atomic E-state index is 0.780. The van der Waals surface area contributed by atoms with Crippen LogP contribution in [0.5, 0.6) is 5.75 Å². The van der Waals surface area contributed by atoms with Crippen LogP contribution in [-0.2, 0) is 6.42 Å². The molecule has 1 unspecified atom stereocenters. The molecule has 1 aromatic heterocycles. The van der Waals surface area contributed by atoms with Gasteiger partial charge in [-0.15, -0.1) is 0 Å². The normalized spacial score (nSPS) is 12.1. The minimum absolute atomic E-state index is 0.780. The number of unbranched alkanes of at least 4 members (excludes halogenated alkanes) is 2. The zero-order valence-electron chi connectivity index (χ0n) is 16.0. The first kappa shape index (κ1) is 19.4. The summed E-state index contributed by atoms with van der Waals surface area (Å²) in [6, 6.07) is 8.10. The Kier molecular flexibility index (Phi) is 8.44. The van der Waals surface area contributed by atoms with E-state index in [-0.39, 0.29) is 0 Å². The average molecular weight is 341 g/mol. The van der Waals surface area contributed by atoms with Gasteiger partial charge in [-0.25, -0.2) is 9.97 Å². The van der Waals surface area contributed by atoms with E-state index in [2.05, 4.69) is 30.7 Å². The lowest BCUT2D eigenvalue weighted by Crippen LogP contribution is -2.01. The third-order valence-electron chi connectivity index (χ3n) is 4.69. The summed E-state index contributed by atoms with van der Waals surface area (Å²) < 4.78 is 5.82. The van der Waals surface area contributed by atoms with Crippen LogP contribution >= 0.6 is 0 Å². The Morgan fingerprint density at radius 1 is 0.960 bits per heavy atom. The highest BCUT2D eigenvalue weighted by Gasteiger charge is 2.03. The Bertz CT molecular complexity index is 592. The second-order valence-corrected chi connectivity index (χ2v) is 6.90. The number of ether oxygens (including phenoxy) is 1. The van der Waals surface area contributed by atoms with Gasteiger partial charge in [-0.1, -0.05) is 40.0 Å². The van der Waals surface area contributed by atoms with Gasteiger partial charge >= 0.3 is 0 Å². The summed E-state index contributed by atoms with van der Waals surface area (Å²) in [6.45, 7) is 7.54. The maximum atomic E-state index is 5.82. The molecule has 0 amide bonds. The maximum Gasteiger partial charge on any atom is 0.159 e. The summed E-state index contributed by atoms with van der Waals surface area (Å²) in [5.74, 6) is 2.49. The van der Waals surface area contributed by atoms with E-state index in [1.54, 1.807) is 0 Å². The summed E-state index contributed by atoms with van der Waals surface area (Å²) in [7, 11) is 0. The van der Waals surface area contributed by atoms with Crippen LogP contribution in [0.2, 0.25) is 0 Å². The third-order valence-corrected chi connectivity index (χ3v) is 4.69. The molecule has 25 heavy (non-hydrogen) atoms. The molecule has 0 aliphatic heterocycles. The van der Waals surface area contributed by atoms with E-state index in [1.165, 1.54) is 37.7 Å². The SMILES string of the molecule is CCCCCc1cnc(-c2ccc(OCCCC(C)CC)cc2)nc1. The van der Waals surface area contributed by atoms with Crippen LogP contribution in [0.4, 0.5) is 0 Å². The highest BCUT2D eigenvalue weighted by atomic mass is 16.5. The second kappa shape index (κ2) is 10.9. The van der Waals surface area contributed by atoms with Crippen molar-refractivity contribution in [1.29, 1.82) is 0 Å². The number of hydrogen-bond donors (Lipinski definition) is 0. The molecule has 0 saturated heterocycles. The summed E-state index contributed by atoms with van der Waals surface area (Å²) in [5.41, 5.74) is 2.26. The van der Waals surface area contributed by atoms with Crippen molar-refractivity contribution in [3.05, 3.63) is 42.2 Å². The van der Waals surface area contributed by atoms with E-state index in [9.17, 15) is 0 Å². The van der Waals surface area contributed by atoms with Crippen molar-refractivity contribution in [3.8, 4) is 17.1 Å². The smallest absolute Gasteiger partial charge is 0.159 e. The number of aromatic nitrogens is 2. The highest BCUT2D eigenvalue weighted by Crippen LogP contribution is 2.20. The fraction of sp³-hybridized carbons (Fsp3) is 0.545. The van der Waals surface area contributed by atoms with Crippen LogP contribution in [-0.4, -0.2) is 16.6 Å². The number of benzene rings is 1. The Morgan fingerprint density at radius 2 is 1.68 bits per heavy atom. The predicted octanol–water partition coefficient (Wildman–Crippen LogP) is 6.08. The van der Waals surface area contributed by atoms with Crippen molar-refractivity contribution in [2.75, 3.05) is 6.61 Å². The van der Waals surface area contributed by atoms with Crippen molar-refractivity contribution in [2.24, 2.45) is 5.92 Å². The topological polar surface area (TPSA) is 35.0 Å². The summed E-state index contributed by atoms with van der Waals surface area (Å²) in [5, 5.41) is 0. The molecule has 1 heterocycles. The maximum absolute atomic E-state index is 5.82. The Labute approximate surface area is 152 Å². The van der Waals surface area contributed by atoms with E-state index < -0.39 is 0 Å². The van der Waals surface area contributed by atoms with Crippen LogP contribution in [0.1, 0.15) is 64.9 Å². The minimum Gasteiger partial charge on any atom is -0.494 e. The van der Waals surface area contributed by atoms with Crippen LogP contribution < -0.4 is 4.74 Å². The van der Waals surface area contributed by atoms with Crippen LogP contribution in [0.15, 0.2) is 36.7 Å². The molecule has 3 heteroatoms. The molecule has 2 rings (SSSR count). The monoisotopic (exact) mass is 340 g/mol. The molecule has 0 radical (unpaired) electrons. The van der Waals surface area contributed by atoms with Crippen molar-refractivity contribution in [2.45, 2.75) is 65.7 Å². The molecular formula is C22H32N2O. The van der Waals surface area contributed by atoms with Gasteiger partial charge in [-0.05, 0) is 61.4 Å². The molecule has 1 atom stereocenters. The zero-order chi connectivity index (χ0) is 17.9. The number of nitrogens with zero attached hydrogens (tertiary/aromatic N) is 2. The molecule has 0 aliphatic carbocycles. The molecule has 0 N–H and O–H groups in total. The lowest BCUT2D eigenvalue weighted by molar-refractivity contribution is 0.294. The lowest BCUT2D eigenvalue weighted by atomic mass is 10.0. The van der Waals surface area contributed by atoms with Gasteiger partial charge in [0, 0.05) is 18.0 Å². The predicted molar refractivity (Wildman–Crippen MR) is 105 cm³/mol. The Hall–Kier alpha value is -1.90. The van der Waals surface area contributed by atoms with E-state index in [0.29, 0.717) is 0 Å². The molecule has 136 valence electrons. The van der Waals surface area contributed by atoms with Crippen molar-refractivity contribution < 1.29 is 4.74 Å². The van der Waals surface area contributed by atoms with Crippen LogP contribution in [0.3, 0.4) is 0 Å². The molecule has 0 saturated carbocycles.